The van der Waals surface area contributed by atoms with E-state index in [2.05, 4.69) is 5.32 Å². The first kappa shape index (κ1) is 17.4. The van der Waals surface area contributed by atoms with Gasteiger partial charge < -0.3 is 9.47 Å². The number of methoxy groups -OCH3 is 2. The molecule has 0 aromatic heterocycles. The lowest BCUT2D eigenvalue weighted by molar-refractivity contribution is -0.220. The van der Waals surface area contributed by atoms with Crippen molar-refractivity contribution in [3.05, 3.63) is 10.1 Å². The molecule has 0 spiro atoms. The van der Waals surface area contributed by atoms with Crippen molar-refractivity contribution in [3.63, 3.8) is 0 Å². The Morgan fingerprint density at radius 3 is 1.62 bits per heavy atom. The van der Waals surface area contributed by atoms with Crippen LogP contribution in [-0.2, 0) is 19.1 Å². The Labute approximate surface area is 158 Å². The lowest BCUT2D eigenvalue weighted by atomic mass is 9.65. The molecule has 132 valence electrons. The highest BCUT2D eigenvalue weighted by atomic mass is 35.5. The lowest BCUT2D eigenvalue weighted by Gasteiger charge is -2.42. The summed E-state index contributed by atoms with van der Waals surface area (Å²) in [7, 11) is 2.88. The fourth-order valence-electron chi connectivity index (χ4n) is 5.33. The third-order valence-electron chi connectivity index (χ3n) is 6.29. The predicted octanol–water partition coefficient (Wildman–Crippen LogP) is 2.56. The molecule has 24 heavy (non-hydrogen) atoms. The van der Waals surface area contributed by atoms with Crippen LogP contribution >= 0.6 is 46.4 Å². The summed E-state index contributed by atoms with van der Waals surface area (Å²) in [5.41, 5.74) is 0. The minimum absolute atomic E-state index is 0.189. The maximum atomic E-state index is 12.1. The zero-order valence-electron chi connectivity index (χ0n) is 12.9. The zero-order valence-corrected chi connectivity index (χ0v) is 15.9. The molecule has 1 heterocycles. The Morgan fingerprint density at radius 2 is 1.29 bits per heavy atom. The number of carbonyl (C=O) groups is 2. The number of hydrogen-bond acceptors (Lipinski definition) is 4. The standard InChI is InChI=1S/C15H15Cl4NO4/c1-23-15(24-2)13(18)7-3-5-6(12(22)20-11(5)21)4-8(7)14(15,19)10(17)9(13)16/h5-8H,3-4H2,1-2H3,(H,20,21,22). The molecule has 0 aromatic rings. The molecular formula is C15H15Cl4NO4. The highest BCUT2D eigenvalue weighted by molar-refractivity contribution is 6.52. The third kappa shape index (κ3) is 1.51. The number of carbonyl (C=O) groups excluding carboxylic acids is 2. The number of alkyl halides is 2. The van der Waals surface area contributed by atoms with E-state index in [0.29, 0.717) is 12.8 Å². The first-order chi connectivity index (χ1) is 11.2. The molecule has 6 unspecified atom stereocenters. The van der Waals surface area contributed by atoms with Crippen molar-refractivity contribution in [2.75, 3.05) is 14.2 Å². The Balaban J connectivity index is 1.90. The average Bonchev–Trinajstić information content (AvgIpc) is 2.99. The van der Waals surface area contributed by atoms with E-state index >= 15 is 0 Å². The first-order valence-corrected chi connectivity index (χ1v) is 9.11. The van der Waals surface area contributed by atoms with E-state index in [-0.39, 0.29) is 33.7 Å². The smallest absolute Gasteiger partial charge is 0.230 e. The highest BCUT2D eigenvalue weighted by Crippen LogP contribution is 2.76. The summed E-state index contributed by atoms with van der Waals surface area (Å²) in [6.07, 6.45) is 0.749. The largest absolute Gasteiger partial charge is 0.350 e. The van der Waals surface area contributed by atoms with Crippen molar-refractivity contribution in [3.8, 4) is 0 Å². The Hall–Kier alpha value is -0.0400. The van der Waals surface area contributed by atoms with Crippen LogP contribution in [0.25, 0.3) is 0 Å². The van der Waals surface area contributed by atoms with Crippen LogP contribution in [0, 0.1) is 23.7 Å². The van der Waals surface area contributed by atoms with Crippen LogP contribution in [-0.4, -0.2) is 41.6 Å². The monoisotopic (exact) mass is 413 g/mol. The minimum Gasteiger partial charge on any atom is -0.350 e. The zero-order chi connectivity index (χ0) is 17.7. The van der Waals surface area contributed by atoms with E-state index in [9.17, 15) is 9.59 Å². The predicted molar refractivity (Wildman–Crippen MR) is 89.0 cm³/mol. The number of amides is 2. The van der Waals surface area contributed by atoms with Crippen LogP contribution in [0.2, 0.25) is 0 Å². The number of hydrogen-bond donors (Lipinski definition) is 1. The van der Waals surface area contributed by atoms with E-state index in [4.69, 9.17) is 55.9 Å². The van der Waals surface area contributed by atoms with E-state index < -0.39 is 27.4 Å². The molecule has 9 heteroatoms. The molecular weight excluding hydrogens is 400 g/mol. The van der Waals surface area contributed by atoms with E-state index in [1.54, 1.807) is 0 Å². The molecule has 2 amide bonds. The maximum Gasteiger partial charge on any atom is 0.230 e. The SMILES string of the molecule is COC1(OC)C2(Cl)C(Cl)=C(Cl)C1(Cl)C1CC3C(=O)NC(=O)C3CC12. The second kappa shape index (κ2) is 5.02. The molecule has 0 radical (unpaired) electrons. The molecule has 1 saturated heterocycles. The van der Waals surface area contributed by atoms with Gasteiger partial charge in [-0.1, -0.05) is 23.2 Å². The normalized spacial score (nSPS) is 48.6. The number of rotatable bonds is 2. The number of ether oxygens (including phenoxy) is 2. The molecule has 0 aromatic carbocycles. The van der Waals surface area contributed by atoms with Crippen molar-refractivity contribution in [1.82, 2.24) is 5.32 Å². The summed E-state index contributed by atoms with van der Waals surface area (Å²) in [6.45, 7) is 0. The Bertz CT molecular complexity index is 641. The van der Waals surface area contributed by atoms with Gasteiger partial charge in [0.05, 0.1) is 21.9 Å². The molecule has 3 fully saturated rings. The number of fused-ring (bicyclic) bond motifs is 6. The molecule has 1 N–H and O–H groups in total. The van der Waals surface area contributed by atoms with Gasteiger partial charge in [-0.3, -0.25) is 14.9 Å². The molecule has 6 atom stereocenters. The van der Waals surface area contributed by atoms with Gasteiger partial charge in [0.15, 0.2) is 0 Å². The van der Waals surface area contributed by atoms with Crippen molar-refractivity contribution in [1.29, 1.82) is 0 Å². The quantitative estimate of drug-likeness (QED) is 0.428. The molecule has 2 bridgehead atoms. The van der Waals surface area contributed by atoms with Crippen LogP contribution in [0.3, 0.4) is 0 Å². The summed E-state index contributed by atoms with van der Waals surface area (Å²) < 4.78 is 11.3. The highest BCUT2D eigenvalue weighted by Gasteiger charge is 2.85. The van der Waals surface area contributed by atoms with Crippen LogP contribution in [0.4, 0.5) is 0 Å². The first-order valence-electron chi connectivity index (χ1n) is 7.59. The molecule has 5 nitrogen and oxygen atoms in total. The molecule has 4 aliphatic rings. The van der Waals surface area contributed by atoms with E-state index in [0.717, 1.165) is 0 Å². The average molecular weight is 415 g/mol. The van der Waals surface area contributed by atoms with Gasteiger partial charge in [-0.15, -0.1) is 23.2 Å². The van der Waals surface area contributed by atoms with Gasteiger partial charge in [0.25, 0.3) is 0 Å². The van der Waals surface area contributed by atoms with Gasteiger partial charge >= 0.3 is 0 Å². The summed E-state index contributed by atoms with van der Waals surface area (Å²) in [5.74, 6) is -3.50. The molecule has 2 saturated carbocycles. The number of imide groups is 1. The Kier molecular flexibility index (Phi) is 3.64. The number of nitrogens with one attached hydrogen (secondary N) is 1. The van der Waals surface area contributed by atoms with Crippen molar-refractivity contribution in [2.45, 2.75) is 28.4 Å². The van der Waals surface area contributed by atoms with Crippen LogP contribution in [0.1, 0.15) is 12.8 Å². The topological polar surface area (TPSA) is 64.6 Å². The fourth-order valence-corrected chi connectivity index (χ4v) is 7.58. The fraction of sp³-hybridized carbons (Fsp3) is 0.733. The van der Waals surface area contributed by atoms with Crippen molar-refractivity contribution < 1.29 is 19.1 Å². The van der Waals surface area contributed by atoms with E-state index in [1.807, 2.05) is 0 Å². The van der Waals surface area contributed by atoms with E-state index in [1.165, 1.54) is 14.2 Å². The summed E-state index contributed by atoms with van der Waals surface area (Å²) >= 11 is 26.9. The summed E-state index contributed by atoms with van der Waals surface area (Å²) in [4.78, 5) is 21.6. The maximum absolute atomic E-state index is 12.1. The van der Waals surface area contributed by atoms with Gasteiger partial charge in [-0.2, -0.15) is 0 Å². The van der Waals surface area contributed by atoms with Crippen molar-refractivity contribution in [2.24, 2.45) is 23.7 Å². The molecule has 4 rings (SSSR count). The van der Waals surface area contributed by atoms with Crippen LogP contribution < -0.4 is 5.32 Å². The number of halogens is 4. The lowest BCUT2D eigenvalue weighted by Crippen LogP contribution is -2.57. The van der Waals surface area contributed by atoms with Crippen LogP contribution in [0.5, 0.6) is 0 Å². The second-order valence-electron chi connectivity index (χ2n) is 6.83. The molecule has 3 aliphatic carbocycles. The summed E-state index contributed by atoms with van der Waals surface area (Å²) in [5, 5.41) is 2.77. The molecule has 1 aliphatic heterocycles. The van der Waals surface area contributed by atoms with Gasteiger partial charge in [0.1, 0.15) is 9.75 Å². The van der Waals surface area contributed by atoms with Gasteiger partial charge in [-0.05, 0) is 24.7 Å². The van der Waals surface area contributed by atoms with Gasteiger partial charge in [-0.25, -0.2) is 0 Å². The summed E-state index contributed by atoms with van der Waals surface area (Å²) in [6, 6.07) is 0. The minimum atomic E-state index is -1.47. The van der Waals surface area contributed by atoms with Crippen LogP contribution in [0.15, 0.2) is 10.1 Å². The Morgan fingerprint density at radius 1 is 0.917 bits per heavy atom. The van der Waals surface area contributed by atoms with Gasteiger partial charge in [0.2, 0.25) is 17.6 Å². The van der Waals surface area contributed by atoms with Gasteiger partial charge in [0, 0.05) is 14.2 Å². The van der Waals surface area contributed by atoms with Crippen molar-refractivity contribution >= 4 is 58.2 Å². The third-order valence-corrected chi connectivity index (χ3v) is 8.99. The second-order valence-corrected chi connectivity index (χ2v) is 8.78.